The minimum absolute atomic E-state index is 0.280. The summed E-state index contributed by atoms with van der Waals surface area (Å²) in [5, 5.41) is 13.3. The molecule has 0 saturated carbocycles. The SMILES string of the molecule is CCC1OCCC1CNCC(O)c1ccc(F)cc1. The van der Waals surface area contributed by atoms with Crippen LogP contribution in [0.25, 0.3) is 0 Å². The Kier molecular flexibility index (Phi) is 5.31. The van der Waals surface area contributed by atoms with Crippen molar-refractivity contribution in [3.05, 3.63) is 35.6 Å². The Labute approximate surface area is 113 Å². The second-order valence-electron chi connectivity index (χ2n) is 5.09. The Morgan fingerprint density at radius 2 is 2.16 bits per heavy atom. The van der Waals surface area contributed by atoms with E-state index < -0.39 is 6.10 Å². The van der Waals surface area contributed by atoms with E-state index >= 15 is 0 Å². The van der Waals surface area contributed by atoms with Gasteiger partial charge in [0.1, 0.15) is 5.82 Å². The summed E-state index contributed by atoms with van der Waals surface area (Å²) in [6.07, 6.45) is 1.86. The monoisotopic (exact) mass is 267 g/mol. The first kappa shape index (κ1) is 14.4. The van der Waals surface area contributed by atoms with Crippen molar-refractivity contribution in [1.82, 2.24) is 5.32 Å². The summed E-state index contributed by atoms with van der Waals surface area (Å²) in [7, 11) is 0. The Morgan fingerprint density at radius 1 is 1.42 bits per heavy atom. The number of halogens is 1. The van der Waals surface area contributed by atoms with E-state index in [0.717, 1.165) is 31.6 Å². The molecule has 3 nitrogen and oxygen atoms in total. The highest BCUT2D eigenvalue weighted by Crippen LogP contribution is 2.22. The van der Waals surface area contributed by atoms with E-state index in [1.165, 1.54) is 12.1 Å². The molecule has 0 bridgehead atoms. The lowest BCUT2D eigenvalue weighted by Gasteiger charge is -2.19. The minimum atomic E-state index is -0.594. The average Bonchev–Trinajstić information content (AvgIpc) is 2.87. The molecular weight excluding hydrogens is 245 g/mol. The lowest BCUT2D eigenvalue weighted by Crippen LogP contribution is -2.31. The highest BCUT2D eigenvalue weighted by molar-refractivity contribution is 5.18. The molecule has 2 N–H and O–H groups in total. The van der Waals surface area contributed by atoms with Gasteiger partial charge in [0, 0.05) is 19.7 Å². The second-order valence-corrected chi connectivity index (χ2v) is 5.09. The number of hydrogen-bond donors (Lipinski definition) is 2. The molecule has 3 unspecified atom stereocenters. The lowest BCUT2D eigenvalue weighted by molar-refractivity contribution is 0.0858. The topological polar surface area (TPSA) is 41.5 Å². The molecule has 1 saturated heterocycles. The van der Waals surface area contributed by atoms with E-state index in [-0.39, 0.29) is 5.82 Å². The fourth-order valence-electron chi connectivity index (χ4n) is 2.59. The molecular formula is C15H22FNO2. The molecule has 1 aromatic carbocycles. The van der Waals surface area contributed by atoms with Crippen molar-refractivity contribution >= 4 is 0 Å². The summed E-state index contributed by atoms with van der Waals surface area (Å²) < 4.78 is 18.4. The first-order valence-electron chi connectivity index (χ1n) is 6.96. The highest BCUT2D eigenvalue weighted by atomic mass is 19.1. The molecule has 0 radical (unpaired) electrons. The first-order chi connectivity index (χ1) is 9.20. The van der Waals surface area contributed by atoms with Gasteiger partial charge in [-0.3, -0.25) is 0 Å². The van der Waals surface area contributed by atoms with Gasteiger partial charge in [-0.05, 0) is 36.5 Å². The molecule has 1 fully saturated rings. The van der Waals surface area contributed by atoms with Crippen molar-refractivity contribution in [2.24, 2.45) is 5.92 Å². The molecule has 2 rings (SSSR count). The average molecular weight is 267 g/mol. The molecule has 106 valence electrons. The van der Waals surface area contributed by atoms with Gasteiger partial charge in [0.05, 0.1) is 12.2 Å². The molecule has 19 heavy (non-hydrogen) atoms. The number of hydrogen-bond acceptors (Lipinski definition) is 3. The summed E-state index contributed by atoms with van der Waals surface area (Å²) in [6, 6.07) is 5.98. The van der Waals surface area contributed by atoms with Crippen molar-refractivity contribution in [3.63, 3.8) is 0 Å². The third-order valence-corrected chi connectivity index (χ3v) is 3.75. The maximum Gasteiger partial charge on any atom is 0.123 e. The summed E-state index contributed by atoms with van der Waals surface area (Å²) >= 11 is 0. The summed E-state index contributed by atoms with van der Waals surface area (Å²) in [6.45, 7) is 4.32. The van der Waals surface area contributed by atoms with Gasteiger partial charge >= 0.3 is 0 Å². The number of ether oxygens (including phenoxy) is 1. The van der Waals surface area contributed by atoms with E-state index in [1.54, 1.807) is 12.1 Å². The van der Waals surface area contributed by atoms with Crippen molar-refractivity contribution in [3.8, 4) is 0 Å². The Morgan fingerprint density at radius 3 is 2.84 bits per heavy atom. The predicted molar refractivity (Wildman–Crippen MR) is 72.4 cm³/mol. The third-order valence-electron chi connectivity index (χ3n) is 3.75. The summed E-state index contributed by atoms with van der Waals surface area (Å²) in [5.74, 6) is 0.253. The van der Waals surface area contributed by atoms with Crippen LogP contribution in [0.1, 0.15) is 31.4 Å². The quantitative estimate of drug-likeness (QED) is 0.830. The molecule has 3 atom stereocenters. The van der Waals surface area contributed by atoms with Gasteiger partial charge in [0.2, 0.25) is 0 Å². The maximum absolute atomic E-state index is 12.8. The Balaban J connectivity index is 1.74. The summed E-state index contributed by atoms with van der Waals surface area (Å²) in [5.41, 5.74) is 0.739. The fourth-order valence-corrected chi connectivity index (χ4v) is 2.59. The van der Waals surface area contributed by atoms with Crippen LogP contribution in [0.4, 0.5) is 4.39 Å². The molecule has 1 heterocycles. The zero-order valence-corrected chi connectivity index (χ0v) is 11.3. The van der Waals surface area contributed by atoms with Crippen LogP contribution in [-0.2, 0) is 4.74 Å². The maximum atomic E-state index is 12.8. The molecule has 4 heteroatoms. The third kappa shape index (κ3) is 4.00. The van der Waals surface area contributed by atoms with E-state index in [0.29, 0.717) is 18.6 Å². The standard InChI is InChI=1S/C15H22FNO2/c1-2-15-12(7-8-19-15)9-17-10-14(18)11-3-5-13(16)6-4-11/h3-6,12,14-15,17-18H,2,7-10H2,1H3. The van der Waals surface area contributed by atoms with E-state index in [2.05, 4.69) is 12.2 Å². The zero-order valence-electron chi connectivity index (χ0n) is 11.3. The molecule has 0 amide bonds. The number of aliphatic hydroxyl groups excluding tert-OH is 1. The van der Waals surface area contributed by atoms with Crippen LogP contribution < -0.4 is 5.32 Å². The van der Waals surface area contributed by atoms with Gasteiger partial charge in [0.15, 0.2) is 0 Å². The molecule has 0 aromatic heterocycles. The van der Waals surface area contributed by atoms with Gasteiger partial charge in [-0.1, -0.05) is 19.1 Å². The van der Waals surface area contributed by atoms with Crippen molar-refractivity contribution in [2.45, 2.75) is 32.0 Å². The van der Waals surface area contributed by atoms with Crippen LogP contribution in [0, 0.1) is 11.7 Å². The largest absolute Gasteiger partial charge is 0.387 e. The van der Waals surface area contributed by atoms with Crippen LogP contribution in [0.2, 0.25) is 0 Å². The molecule has 0 aliphatic carbocycles. The van der Waals surface area contributed by atoms with Crippen LogP contribution in [0.15, 0.2) is 24.3 Å². The number of nitrogens with one attached hydrogen (secondary N) is 1. The Hall–Kier alpha value is -0.970. The second kappa shape index (κ2) is 6.98. The van der Waals surface area contributed by atoms with E-state index in [9.17, 15) is 9.50 Å². The number of aliphatic hydroxyl groups is 1. The highest BCUT2D eigenvalue weighted by Gasteiger charge is 2.26. The number of rotatable bonds is 6. The Bertz CT molecular complexity index is 382. The fraction of sp³-hybridized carbons (Fsp3) is 0.600. The molecule has 1 aliphatic heterocycles. The van der Waals surface area contributed by atoms with Crippen LogP contribution in [0.5, 0.6) is 0 Å². The van der Waals surface area contributed by atoms with Gasteiger partial charge in [-0.15, -0.1) is 0 Å². The predicted octanol–water partition coefficient (Wildman–Crippen LogP) is 2.26. The molecule has 1 aromatic rings. The van der Waals surface area contributed by atoms with Gasteiger partial charge < -0.3 is 15.2 Å². The first-order valence-corrected chi connectivity index (χ1v) is 6.96. The van der Waals surface area contributed by atoms with Crippen LogP contribution >= 0.6 is 0 Å². The van der Waals surface area contributed by atoms with Crippen molar-refractivity contribution < 1.29 is 14.2 Å². The van der Waals surface area contributed by atoms with Crippen molar-refractivity contribution in [1.29, 1.82) is 0 Å². The molecule has 0 spiro atoms. The smallest absolute Gasteiger partial charge is 0.123 e. The van der Waals surface area contributed by atoms with Gasteiger partial charge in [-0.2, -0.15) is 0 Å². The normalized spacial score (nSPS) is 24.6. The zero-order chi connectivity index (χ0) is 13.7. The van der Waals surface area contributed by atoms with Crippen LogP contribution in [0.3, 0.4) is 0 Å². The molecule has 1 aliphatic rings. The van der Waals surface area contributed by atoms with Gasteiger partial charge in [0.25, 0.3) is 0 Å². The summed E-state index contributed by atoms with van der Waals surface area (Å²) in [4.78, 5) is 0. The number of benzene rings is 1. The van der Waals surface area contributed by atoms with Crippen LogP contribution in [-0.4, -0.2) is 30.9 Å². The minimum Gasteiger partial charge on any atom is -0.387 e. The van der Waals surface area contributed by atoms with E-state index in [1.807, 2.05) is 0 Å². The van der Waals surface area contributed by atoms with Gasteiger partial charge in [-0.25, -0.2) is 4.39 Å². The van der Waals surface area contributed by atoms with E-state index in [4.69, 9.17) is 4.74 Å². The van der Waals surface area contributed by atoms with Crippen molar-refractivity contribution in [2.75, 3.05) is 19.7 Å². The lowest BCUT2D eigenvalue weighted by atomic mass is 9.99.